The molecule has 0 spiro atoms. The highest BCUT2D eigenvalue weighted by atomic mass is 16.5. The van der Waals surface area contributed by atoms with Crippen LogP contribution in [0.1, 0.15) is 24.5 Å². The number of ether oxygens (including phenoxy) is 2. The van der Waals surface area contributed by atoms with Gasteiger partial charge in [-0.25, -0.2) is 0 Å². The Balaban J connectivity index is 1.48. The highest BCUT2D eigenvalue weighted by Gasteiger charge is 2.27. The van der Waals surface area contributed by atoms with E-state index < -0.39 is 0 Å². The van der Waals surface area contributed by atoms with E-state index in [2.05, 4.69) is 10.4 Å². The van der Waals surface area contributed by atoms with E-state index >= 15 is 0 Å². The van der Waals surface area contributed by atoms with Gasteiger partial charge in [0.2, 0.25) is 5.91 Å². The van der Waals surface area contributed by atoms with Crippen LogP contribution in [0.2, 0.25) is 0 Å². The van der Waals surface area contributed by atoms with Gasteiger partial charge in [0.25, 0.3) is 0 Å². The van der Waals surface area contributed by atoms with Gasteiger partial charge >= 0.3 is 0 Å². The van der Waals surface area contributed by atoms with Crippen molar-refractivity contribution in [2.24, 2.45) is 5.92 Å². The van der Waals surface area contributed by atoms with Crippen molar-refractivity contribution in [3.8, 4) is 11.5 Å². The first kappa shape index (κ1) is 17.3. The Labute approximate surface area is 148 Å². The molecular formula is C19H25N3O3. The van der Waals surface area contributed by atoms with Crippen molar-refractivity contribution in [2.45, 2.75) is 33.2 Å². The van der Waals surface area contributed by atoms with E-state index in [4.69, 9.17) is 9.47 Å². The molecule has 25 heavy (non-hydrogen) atoms. The highest BCUT2D eigenvalue weighted by molar-refractivity contribution is 5.79. The van der Waals surface area contributed by atoms with Crippen molar-refractivity contribution >= 4 is 5.91 Å². The summed E-state index contributed by atoms with van der Waals surface area (Å²) in [5.74, 6) is 1.43. The standard InChI is InChI=1S/C19H25N3O3/c1-3-24-17-7-4-6-15-10-16(13-25-18(15)17)19(23)20-8-5-9-22-12-14(2)11-21-22/h4,6-7,11-12,16H,3,5,8-10,13H2,1-2H3,(H,20,23)/t16-/m0/s1. The Morgan fingerprint density at radius 2 is 2.36 bits per heavy atom. The number of aryl methyl sites for hydroxylation is 2. The minimum Gasteiger partial charge on any atom is -0.490 e. The lowest BCUT2D eigenvalue weighted by molar-refractivity contribution is -0.126. The third-order valence-electron chi connectivity index (χ3n) is 4.25. The maximum atomic E-state index is 12.4. The van der Waals surface area contributed by atoms with Gasteiger partial charge in [0.05, 0.1) is 18.7 Å². The summed E-state index contributed by atoms with van der Waals surface area (Å²) in [4.78, 5) is 12.4. The Morgan fingerprint density at radius 3 is 3.12 bits per heavy atom. The number of benzene rings is 1. The fraction of sp³-hybridized carbons (Fsp3) is 0.474. The number of carbonyl (C=O) groups excluding carboxylic acids is 1. The van der Waals surface area contributed by atoms with Gasteiger partial charge in [-0.15, -0.1) is 0 Å². The van der Waals surface area contributed by atoms with E-state index in [9.17, 15) is 4.79 Å². The zero-order chi connectivity index (χ0) is 17.6. The van der Waals surface area contributed by atoms with Gasteiger partial charge in [-0.05, 0) is 43.9 Å². The Kier molecular flexibility index (Phi) is 5.58. The van der Waals surface area contributed by atoms with E-state index in [-0.39, 0.29) is 11.8 Å². The molecular weight excluding hydrogens is 318 g/mol. The fourth-order valence-corrected chi connectivity index (χ4v) is 3.02. The summed E-state index contributed by atoms with van der Waals surface area (Å²) >= 11 is 0. The van der Waals surface area contributed by atoms with Gasteiger partial charge in [0, 0.05) is 19.3 Å². The molecule has 0 fully saturated rings. The number of hydrogen-bond acceptors (Lipinski definition) is 4. The van der Waals surface area contributed by atoms with Gasteiger partial charge in [-0.3, -0.25) is 9.48 Å². The summed E-state index contributed by atoms with van der Waals surface area (Å²) in [6.45, 7) is 6.39. The van der Waals surface area contributed by atoms with Crippen LogP contribution in [0.25, 0.3) is 0 Å². The van der Waals surface area contributed by atoms with Crippen LogP contribution in [0, 0.1) is 12.8 Å². The number of nitrogens with zero attached hydrogens (tertiary/aromatic N) is 2. The second kappa shape index (κ2) is 8.05. The van der Waals surface area contributed by atoms with Gasteiger partial charge in [-0.2, -0.15) is 5.10 Å². The first-order valence-corrected chi connectivity index (χ1v) is 8.81. The van der Waals surface area contributed by atoms with Crippen LogP contribution in [0.15, 0.2) is 30.6 Å². The van der Waals surface area contributed by atoms with Crippen LogP contribution < -0.4 is 14.8 Å². The van der Waals surface area contributed by atoms with Crippen molar-refractivity contribution in [1.82, 2.24) is 15.1 Å². The smallest absolute Gasteiger partial charge is 0.226 e. The number of fused-ring (bicyclic) bond motifs is 1. The number of para-hydroxylation sites is 1. The van der Waals surface area contributed by atoms with Crippen LogP contribution in [0.4, 0.5) is 0 Å². The second-order valence-corrected chi connectivity index (χ2v) is 6.31. The lowest BCUT2D eigenvalue weighted by Crippen LogP contribution is -2.38. The Hall–Kier alpha value is -2.50. The molecule has 0 aliphatic carbocycles. The molecule has 6 nitrogen and oxygen atoms in total. The Bertz CT molecular complexity index is 726. The summed E-state index contributed by atoms with van der Waals surface area (Å²) in [5.41, 5.74) is 2.18. The molecule has 1 aromatic heterocycles. The van der Waals surface area contributed by atoms with Crippen molar-refractivity contribution in [3.63, 3.8) is 0 Å². The largest absolute Gasteiger partial charge is 0.490 e. The molecule has 0 bridgehead atoms. The number of amides is 1. The molecule has 2 heterocycles. The van der Waals surface area contributed by atoms with E-state index in [1.807, 2.05) is 49.1 Å². The predicted octanol–water partition coefficient (Wildman–Crippen LogP) is 2.35. The Morgan fingerprint density at radius 1 is 1.48 bits per heavy atom. The molecule has 0 saturated heterocycles. The van der Waals surface area contributed by atoms with E-state index in [1.54, 1.807) is 0 Å². The first-order valence-electron chi connectivity index (χ1n) is 8.81. The third kappa shape index (κ3) is 4.32. The van der Waals surface area contributed by atoms with E-state index in [1.165, 1.54) is 0 Å². The third-order valence-corrected chi connectivity index (χ3v) is 4.25. The van der Waals surface area contributed by atoms with Gasteiger partial charge in [0.15, 0.2) is 11.5 Å². The SMILES string of the molecule is CCOc1cccc2c1OC[C@@H](C(=O)NCCCn1cc(C)cn1)C2. The lowest BCUT2D eigenvalue weighted by atomic mass is 9.95. The summed E-state index contributed by atoms with van der Waals surface area (Å²) in [7, 11) is 0. The van der Waals surface area contributed by atoms with Crippen molar-refractivity contribution in [2.75, 3.05) is 19.8 Å². The van der Waals surface area contributed by atoms with E-state index in [0.717, 1.165) is 35.6 Å². The number of nitrogens with one attached hydrogen (secondary N) is 1. The van der Waals surface area contributed by atoms with Crippen LogP contribution in [0.5, 0.6) is 11.5 Å². The van der Waals surface area contributed by atoms with E-state index in [0.29, 0.717) is 26.2 Å². The maximum absolute atomic E-state index is 12.4. The van der Waals surface area contributed by atoms with Crippen molar-refractivity contribution in [1.29, 1.82) is 0 Å². The predicted molar refractivity (Wildman–Crippen MR) is 94.9 cm³/mol. The highest BCUT2D eigenvalue weighted by Crippen LogP contribution is 2.36. The van der Waals surface area contributed by atoms with Crippen LogP contribution in [0.3, 0.4) is 0 Å². The van der Waals surface area contributed by atoms with Gasteiger partial charge in [-0.1, -0.05) is 12.1 Å². The molecule has 0 saturated carbocycles. The fourth-order valence-electron chi connectivity index (χ4n) is 3.02. The minimum atomic E-state index is -0.156. The molecule has 1 aromatic carbocycles. The first-order chi connectivity index (χ1) is 12.2. The molecule has 1 aliphatic heterocycles. The second-order valence-electron chi connectivity index (χ2n) is 6.31. The number of carbonyl (C=O) groups is 1. The molecule has 1 atom stereocenters. The molecule has 0 radical (unpaired) electrons. The molecule has 134 valence electrons. The van der Waals surface area contributed by atoms with Crippen molar-refractivity contribution in [3.05, 3.63) is 41.7 Å². The molecule has 6 heteroatoms. The monoisotopic (exact) mass is 343 g/mol. The number of rotatable bonds is 7. The quantitative estimate of drug-likeness (QED) is 0.784. The van der Waals surface area contributed by atoms with Crippen LogP contribution >= 0.6 is 0 Å². The van der Waals surface area contributed by atoms with Gasteiger partial charge in [0.1, 0.15) is 6.61 Å². The average molecular weight is 343 g/mol. The van der Waals surface area contributed by atoms with Gasteiger partial charge < -0.3 is 14.8 Å². The molecule has 0 unspecified atom stereocenters. The lowest BCUT2D eigenvalue weighted by Gasteiger charge is -2.26. The minimum absolute atomic E-state index is 0.0455. The topological polar surface area (TPSA) is 65.4 Å². The van der Waals surface area contributed by atoms with Crippen LogP contribution in [-0.2, 0) is 17.8 Å². The maximum Gasteiger partial charge on any atom is 0.226 e. The number of hydrogen-bond donors (Lipinski definition) is 1. The molecule has 2 aromatic rings. The number of aromatic nitrogens is 2. The molecule has 1 amide bonds. The zero-order valence-corrected chi connectivity index (χ0v) is 14.8. The normalized spacial score (nSPS) is 16.0. The average Bonchev–Trinajstić information content (AvgIpc) is 3.04. The summed E-state index contributed by atoms with van der Waals surface area (Å²) < 4.78 is 13.3. The van der Waals surface area contributed by atoms with Crippen LogP contribution in [-0.4, -0.2) is 35.4 Å². The molecule has 1 N–H and O–H groups in total. The zero-order valence-electron chi connectivity index (χ0n) is 14.8. The van der Waals surface area contributed by atoms with Crippen molar-refractivity contribution < 1.29 is 14.3 Å². The summed E-state index contributed by atoms with van der Waals surface area (Å²) in [5, 5.41) is 7.25. The molecule has 3 rings (SSSR count). The summed E-state index contributed by atoms with van der Waals surface area (Å²) in [6.07, 6.45) is 5.38. The summed E-state index contributed by atoms with van der Waals surface area (Å²) in [6, 6.07) is 5.84. The molecule has 1 aliphatic rings.